The van der Waals surface area contributed by atoms with E-state index in [9.17, 15) is 18.0 Å². The highest BCUT2D eigenvalue weighted by Gasteiger charge is 2.29. The maximum absolute atomic E-state index is 12.0. The van der Waals surface area contributed by atoms with Crippen LogP contribution in [0.25, 0.3) is 10.8 Å². The van der Waals surface area contributed by atoms with Gasteiger partial charge < -0.3 is 0 Å². The summed E-state index contributed by atoms with van der Waals surface area (Å²) < 4.78 is 22.8. The second kappa shape index (κ2) is 7.23. The molecule has 25 heavy (non-hydrogen) atoms. The van der Waals surface area contributed by atoms with Crippen LogP contribution in [-0.2, 0) is 25.8 Å². The lowest BCUT2D eigenvalue weighted by Gasteiger charge is -2.10. The molecule has 0 radical (unpaired) electrons. The molecule has 1 atom stereocenters. The van der Waals surface area contributed by atoms with Crippen LogP contribution in [0.1, 0.15) is 18.4 Å². The molecule has 3 rings (SSSR count). The highest BCUT2D eigenvalue weighted by atomic mass is 32.2. The maximum atomic E-state index is 12.0. The van der Waals surface area contributed by atoms with E-state index in [1.54, 1.807) is 0 Å². The Labute approximate surface area is 146 Å². The first-order chi connectivity index (χ1) is 11.9. The fourth-order valence-electron chi connectivity index (χ4n) is 3.06. The van der Waals surface area contributed by atoms with Crippen molar-refractivity contribution in [3.05, 3.63) is 48.0 Å². The number of fused-ring (bicyclic) bond motifs is 1. The van der Waals surface area contributed by atoms with E-state index in [-0.39, 0.29) is 42.1 Å². The number of hydrogen-bond acceptors (Lipinski definition) is 4. The van der Waals surface area contributed by atoms with Crippen LogP contribution < -0.4 is 10.9 Å². The number of carbonyl (C=O) groups excluding carboxylic acids is 2. The average Bonchev–Trinajstić information content (AvgIpc) is 2.91. The lowest BCUT2D eigenvalue weighted by molar-refractivity contribution is -0.129. The Kier molecular flexibility index (Phi) is 5.03. The van der Waals surface area contributed by atoms with Crippen LogP contribution in [-0.4, -0.2) is 31.7 Å². The number of carbonyl (C=O) groups is 2. The molecule has 2 aromatic rings. The molecular formula is C18H20N2O4S. The summed E-state index contributed by atoms with van der Waals surface area (Å²) in [5.74, 6) is -0.663. The minimum atomic E-state index is -3.00. The molecule has 1 heterocycles. The van der Waals surface area contributed by atoms with Crippen molar-refractivity contribution in [3.63, 3.8) is 0 Å². The zero-order chi connectivity index (χ0) is 17.9. The Balaban J connectivity index is 1.48. The Morgan fingerprint density at radius 3 is 2.44 bits per heavy atom. The highest BCUT2D eigenvalue weighted by molar-refractivity contribution is 7.91. The Bertz CT molecular complexity index is 908. The molecule has 0 aliphatic carbocycles. The Morgan fingerprint density at radius 2 is 1.72 bits per heavy atom. The summed E-state index contributed by atoms with van der Waals surface area (Å²) in [6.45, 7) is 0. The van der Waals surface area contributed by atoms with E-state index in [0.29, 0.717) is 6.42 Å². The van der Waals surface area contributed by atoms with Crippen molar-refractivity contribution in [3.8, 4) is 0 Å². The van der Waals surface area contributed by atoms with Gasteiger partial charge in [0.2, 0.25) is 11.8 Å². The van der Waals surface area contributed by atoms with Gasteiger partial charge in [0, 0.05) is 6.42 Å². The summed E-state index contributed by atoms with van der Waals surface area (Å²) in [4.78, 5) is 23.8. The highest BCUT2D eigenvalue weighted by Crippen LogP contribution is 2.21. The molecule has 2 amide bonds. The molecule has 1 saturated heterocycles. The molecule has 1 aliphatic rings. The molecule has 0 bridgehead atoms. The smallest absolute Gasteiger partial charge is 0.242 e. The quantitative estimate of drug-likeness (QED) is 0.805. The molecule has 2 aromatic carbocycles. The first-order valence-electron chi connectivity index (χ1n) is 8.17. The van der Waals surface area contributed by atoms with Crippen LogP contribution in [0.15, 0.2) is 42.5 Å². The molecule has 0 saturated carbocycles. The van der Waals surface area contributed by atoms with E-state index in [0.717, 1.165) is 16.3 Å². The minimum Gasteiger partial charge on any atom is -0.273 e. The van der Waals surface area contributed by atoms with Gasteiger partial charge >= 0.3 is 0 Å². The first-order valence-corrected chi connectivity index (χ1v) is 9.99. The van der Waals surface area contributed by atoms with Crippen LogP contribution in [0.3, 0.4) is 0 Å². The molecular weight excluding hydrogens is 340 g/mol. The molecule has 2 N–H and O–H groups in total. The van der Waals surface area contributed by atoms with Crippen molar-refractivity contribution >= 4 is 32.4 Å². The van der Waals surface area contributed by atoms with Gasteiger partial charge in [-0.3, -0.25) is 20.4 Å². The van der Waals surface area contributed by atoms with E-state index in [1.165, 1.54) is 0 Å². The van der Waals surface area contributed by atoms with Gasteiger partial charge in [0.25, 0.3) is 0 Å². The third kappa shape index (κ3) is 4.79. The summed E-state index contributed by atoms with van der Waals surface area (Å²) in [6, 6.07) is 13.7. The SMILES string of the molecule is O=C(Cc1ccc2ccccc2c1)NNC(=O)CC1CCS(=O)(=O)C1. The van der Waals surface area contributed by atoms with Crippen LogP contribution in [0.4, 0.5) is 0 Å². The second-order valence-electron chi connectivity index (χ2n) is 6.43. The van der Waals surface area contributed by atoms with Gasteiger partial charge in [-0.25, -0.2) is 8.42 Å². The zero-order valence-electron chi connectivity index (χ0n) is 13.7. The summed E-state index contributed by atoms with van der Waals surface area (Å²) in [7, 11) is -3.00. The van der Waals surface area contributed by atoms with E-state index in [1.807, 2.05) is 42.5 Å². The van der Waals surface area contributed by atoms with Crippen LogP contribution in [0, 0.1) is 5.92 Å². The van der Waals surface area contributed by atoms with Crippen molar-refractivity contribution < 1.29 is 18.0 Å². The van der Waals surface area contributed by atoms with Crippen molar-refractivity contribution in [1.82, 2.24) is 10.9 Å². The predicted molar refractivity (Wildman–Crippen MR) is 95.3 cm³/mol. The summed E-state index contributed by atoms with van der Waals surface area (Å²) >= 11 is 0. The summed E-state index contributed by atoms with van der Waals surface area (Å²) in [5, 5.41) is 2.16. The van der Waals surface area contributed by atoms with Crippen molar-refractivity contribution in [2.75, 3.05) is 11.5 Å². The summed E-state index contributed by atoms with van der Waals surface area (Å²) in [6.07, 6.45) is 0.763. The molecule has 6 nitrogen and oxygen atoms in total. The van der Waals surface area contributed by atoms with Gasteiger partial charge in [-0.1, -0.05) is 42.5 Å². The van der Waals surface area contributed by atoms with Crippen molar-refractivity contribution in [1.29, 1.82) is 0 Å². The summed E-state index contributed by atoms with van der Waals surface area (Å²) in [5.41, 5.74) is 5.60. The van der Waals surface area contributed by atoms with Gasteiger partial charge in [-0.2, -0.15) is 0 Å². The van der Waals surface area contributed by atoms with Crippen LogP contribution >= 0.6 is 0 Å². The lowest BCUT2D eigenvalue weighted by Crippen LogP contribution is -2.43. The zero-order valence-corrected chi connectivity index (χ0v) is 14.5. The maximum Gasteiger partial charge on any atom is 0.242 e. The van der Waals surface area contributed by atoms with E-state index in [2.05, 4.69) is 10.9 Å². The van der Waals surface area contributed by atoms with Gasteiger partial charge in [-0.05, 0) is 28.7 Å². The number of amides is 2. The minimum absolute atomic E-state index is 0.0471. The molecule has 7 heteroatoms. The average molecular weight is 360 g/mol. The Morgan fingerprint density at radius 1 is 1.00 bits per heavy atom. The lowest BCUT2D eigenvalue weighted by atomic mass is 10.0. The standard InChI is InChI=1S/C18H20N2O4S/c21-17(10-13-5-6-15-3-1-2-4-16(15)9-13)19-20-18(22)11-14-7-8-25(23,24)12-14/h1-6,9,14H,7-8,10-12H2,(H,19,21)(H,20,22). The number of nitrogens with one attached hydrogen (secondary N) is 2. The molecule has 1 fully saturated rings. The number of hydrogen-bond donors (Lipinski definition) is 2. The number of benzene rings is 2. The van der Waals surface area contributed by atoms with Crippen LogP contribution in [0.5, 0.6) is 0 Å². The fourth-order valence-corrected chi connectivity index (χ4v) is 4.93. The van der Waals surface area contributed by atoms with Gasteiger partial charge in [-0.15, -0.1) is 0 Å². The molecule has 1 unspecified atom stereocenters. The molecule has 0 aromatic heterocycles. The third-order valence-electron chi connectivity index (χ3n) is 4.32. The molecule has 0 spiro atoms. The van der Waals surface area contributed by atoms with E-state index >= 15 is 0 Å². The first kappa shape index (κ1) is 17.4. The Hall–Kier alpha value is -2.41. The van der Waals surface area contributed by atoms with Crippen LogP contribution in [0.2, 0.25) is 0 Å². The van der Waals surface area contributed by atoms with Crippen molar-refractivity contribution in [2.45, 2.75) is 19.3 Å². The normalized spacial score (nSPS) is 18.8. The molecule has 132 valence electrons. The number of sulfone groups is 1. The topological polar surface area (TPSA) is 92.3 Å². The number of hydrazine groups is 1. The molecule has 1 aliphatic heterocycles. The van der Waals surface area contributed by atoms with Gasteiger partial charge in [0.05, 0.1) is 17.9 Å². The predicted octanol–water partition coefficient (Wildman–Crippen LogP) is 1.35. The fraction of sp³-hybridized carbons (Fsp3) is 0.333. The third-order valence-corrected chi connectivity index (χ3v) is 6.16. The largest absolute Gasteiger partial charge is 0.273 e. The number of rotatable bonds is 4. The van der Waals surface area contributed by atoms with E-state index in [4.69, 9.17) is 0 Å². The second-order valence-corrected chi connectivity index (χ2v) is 8.66. The van der Waals surface area contributed by atoms with Gasteiger partial charge in [0.15, 0.2) is 9.84 Å². The van der Waals surface area contributed by atoms with Crippen molar-refractivity contribution in [2.24, 2.45) is 5.92 Å². The van der Waals surface area contributed by atoms with E-state index < -0.39 is 9.84 Å². The van der Waals surface area contributed by atoms with Gasteiger partial charge in [0.1, 0.15) is 0 Å². The monoisotopic (exact) mass is 360 g/mol.